The third kappa shape index (κ3) is 2.43. The van der Waals surface area contributed by atoms with Crippen molar-refractivity contribution >= 4 is 17.0 Å². The largest absolute Gasteiger partial charge is 0.481 e. The van der Waals surface area contributed by atoms with E-state index < -0.39 is 11.4 Å². The highest BCUT2D eigenvalue weighted by Crippen LogP contribution is 2.41. The number of carboxylic acid groups (broad SMARTS) is 1. The van der Waals surface area contributed by atoms with Crippen molar-refractivity contribution in [1.29, 1.82) is 0 Å². The van der Waals surface area contributed by atoms with E-state index in [1.165, 1.54) is 0 Å². The normalized spacial score (nSPS) is 17.4. The number of aliphatic carboxylic acids is 1. The van der Waals surface area contributed by atoms with E-state index in [0.717, 1.165) is 55.5 Å². The van der Waals surface area contributed by atoms with Gasteiger partial charge in [-0.25, -0.2) is 4.98 Å². The Morgan fingerprint density at radius 2 is 2.05 bits per heavy atom. The molecule has 0 atom stereocenters. The summed E-state index contributed by atoms with van der Waals surface area (Å²) in [6.45, 7) is 3.03. The Bertz CT molecular complexity index is 654. The van der Waals surface area contributed by atoms with Gasteiger partial charge in [-0.05, 0) is 31.4 Å². The van der Waals surface area contributed by atoms with Gasteiger partial charge in [0.25, 0.3) is 0 Å². The van der Waals surface area contributed by atoms with Crippen LogP contribution in [0.4, 0.5) is 0 Å². The van der Waals surface area contributed by atoms with Crippen molar-refractivity contribution in [2.24, 2.45) is 5.41 Å². The summed E-state index contributed by atoms with van der Waals surface area (Å²) >= 11 is 0. The third-order valence-corrected chi connectivity index (χ3v) is 4.69. The number of hydrogen-bond acceptors (Lipinski definition) is 2. The first kappa shape index (κ1) is 14.1. The van der Waals surface area contributed by atoms with Crippen LogP contribution in [-0.4, -0.2) is 20.6 Å². The highest BCUT2D eigenvalue weighted by Gasteiger charge is 2.42. The average molecular weight is 286 g/mol. The van der Waals surface area contributed by atoms with Crippen LogP contribution in [0, 0.1) is 5.41 Å². The fourth-order valence-electron chi connectivity index (χ4n) is 3.55. The summed E-state index contributed by atoms with van der Waals surface area (Å²) < 4.78 is 2.21. The average Bonchev–Trinajstić information content (AvgIpc) is 3.07. The molecular weight excluding hydrogens is 264 g/mol. The van der Waals surface area contributed by atoms with Gasteiger partial charge in [-0.3, -0.25) is 4.79 Å². The summed E-state index contributed by atoms with van der Waals surface area (Å²) in [7, 11) is 0. The SMILES string of the molecule is CCCn1c(CC2(C(=O)O)CCCC2)nc2ccccc21. The lowest BCUT2D eigenvalue weighted by Crippen LogP contribution is -2.31. The Labute approximate surface area is 124 Å². The Kier molecular flexibility index (Phi) is 3.70. The quantitative estimate of drug-likeness (QED) is 0.913. The van der Waals surface area contributed by atoms with Crippen LogP contribution in [0.2, 0.25) is 0 Å². The monoisotopic (exact) mass is 286 g/mol. The molecule has 0 spiro atoms. The van der Waals surface area contributed by atoms with Crippen LogP contribution in [0.15, 0.2) is 24.3 Å². The zero-order valence-electron chi connectivity index (χ0n) is 12.5. The molecule has 0 radical (unpaired) electrons. The summed E-state index contributed by atoms with van der Waals surface area (Å²) in [5, 5.41) is 9.68. The number of hydrogen-bond donors (Lipinski definition) is 1. The van der Waals surface area contributed by atoms with Gasteiger partial charge in [0, 0.05) is 13.0 Å². The number of carboxylic acids is 1. The topological polar surface area (TPSA) is 55.1 Å². The summed E-state index contributed by atoms with van der Waals surface area (Å²) in [6, 6.07) is 8.08. The molecule has 0 unspecified atom stereocenters. The number of imidazole rings is 1. The minimum atomic E-state index is -0.657. The van der Waals surface area contributed by atoms with Crippen LogP contribution in [0.25, 0.3) is 11.0 Å². The first-order valence-electron chi connectivity index (χ1n) is 7.84. The molecule has 1 saturated carbocycles. The van der Waals surface area contributed by atoms with Crippen molar-refractivity contribution in [3.8, 4) is 0 Å². The van der Waals surface area contributed by atoms with E-state index in [2.05, 4.69) is 17.6 Å². The molecule has 0 saturated heterocycles. The molecule has 2 aromatic rings. The van der Waals surface area contributed by atoms with Crippen LogP contribution in [0.1, 0.15) is 44.9 Å². The standard InChI is InChI=1S/C17H22N2O2/c1-2-11-19-14-8-4-3-7-13(14)18-15(19)12-17(16(20)21)9-5-6-10-17/h3-4,7-8H,2,5-6,9-12H2,1H3,(H,20,21). The molecule has 4 heteroatoms. The number of benzene rings is 1. The molecule has 3 rings (SSSR count). The zero-order valence-corrected chi connectivity index (χ0v) is 12.5. The molecule has 112 valence electrons. The molecule has 1 aliphatic carbocycles. The van der Waals surface area contributed by atoms with Crippen molar-refractivity contribution in [3.05, 3.63) is 30.1 Å². The van der Waals surface area contributed by atoms with Crippen LogP contribution >= 0.6 is 0 Å². The molecule has 21 heavy (non-hydrogen) atoms. The first-order valence-corrected chi connectivity index (χ1v) is 7.84. The lowest BCUT2D eigenvalue weighted by atomic mass is 9.82. The highest BCUT2D eigenvalue weighted by atomic mass is 16.4. The fraction of sp³-hybridized carbons (Fsp3) is 0.529. The second kappa shape index (κ2) is 5.51. The third-order valence-electron chi connectivity index (χ3n) is 4.69. The lowest BCUT2D eigenvalue weighted by Gasteiger charge is -2.23. The number of rotatable bonds is 5. The molecule has 1 heterocycles. The molecule has 1 aromatic carbocycles. The van der Waals surface area contributed by atoms with E-state index in [9.17, 15) is 9.90 Å². The second-order valence-electron chi connectivity index (χ2n) is 6.14. The molecule has 1 aliphatic rings. The van der Waals surface area contributed by atoms with Gasteiger partial charge < -0.3 is 9.67 Å². The summed E-state index contributed by atoms with van der Waals surface area (Å²) in [5.41, 5.74) is 1.49. The molecule has 0 aliphatic heterocycles. The smallest absolute Gasteiger partial charge is 0.310 e. The van der Waals surface area contributed by atoms with Crippen molar-refractivity contribution in [1.82, 2.24) is 9.55 Å². The van der Waals surface area contributed by atoms with Crippen LogP contribution in [-0.2, 0) is 17.8 Å². The second-order valence-corrected chi connectivity index (χ2v) is 6.14. The summed E-state index contributed by atoms with van der Waals surface area (Å²) in [6.07, 6.45) is 5.15. The lowest BCUT2D eigenvalue weighted by molar-refractivity contribution is -0.148. The zero-order chi connectivity index (χ0) is 14.9. The van der Waals surface area contributed by atoms with E-state index in [4.69, 9.17) is 4.98 Å². The van der Waals surface area contributed by atoms with Gasteiger partial charge >= 0.3 is 5.97 Å². The predicted molar refractivity (Wildman–Crippen MR) is 82.3 cm³/mol. The molecule has 0 bridgehead atoms. The summed E-state index contributed by atoms with van der Waals surface area (Å²) in [4.78, 5) is 16.5. The molecule has 1 fully saturated rings. The Morgan fingerprint density at radius 1 is 1.33 bits per heavy atom. The minimum absolute atomic E-state index is 0.553. The first-order chi connectivity index (χ1) is 10.2. The predicted octanol–water partition coefficient (Wildman–Crippen LogP) is 3.63. The van der Waals surface area contributed by atoms with E-state index in [-0.39, 0.29) is 0 Å². The van der Waals surface area contributed by atoms with Crippen LogP contribution in [0.3, 0.4) is 0 Å². The number of carbonyl (C=O) groups is 1. The van der Waals surface area contributed by atoms with Crippen LogP contribution in [0.5, 0.6) is 0 Å². The number of aryl methyl sites for hydroxylation is 1. The Balaban J connectivity index is 2.03. The molecule has 1 N–H and O–H groups in total. The van der Waals surface area contributed by atoms with Crippen molar-refractivity contribution in [2.75, 3.05) is 0 Å². The number of nitrogens with zero attached hydrogens (tertiary/aromatic N) is 2. The molecule has 4 nitrogen and oxygen atoms in total. The van der Waals surface area contributed by atoms with Gasteiger partial charge in [0.15, 0.2) is 0 Å². The number of aromatic nitrogens is 2. The molecule has 1 aromatic heterocycles. The molecule has 0 amide bonds. The maximum atomic E-state index is 11.8. The van der Waals surface area contributed by atoms with E-state index in [1.54, 1.807) is 0 Å². The van der Waals surface area contributed by atoms with Gasteiger partial charge in [0.05, 0.1) is 16.4 Å². The fourth-order valence-corrected chi connectivity index (χ4v) is 3.55. The maximum Gasteiger partial charge on any atom is 0.310 e. The number of para-hydroxylation sites is 2. The van der Waals surface area contributed by atoms with E-state index in [1.807, 2.05) is 18.2 Å². The van der Waals surface area contributed by atoms with Gasteiger partial charge in [-0.15, -0.1) is 0 Å². The van der Waals surface area contributed by atoms with Gasteiger partial charge in [0.2, 0.25) is 0 Å². The van der Waals surface area contributed by atoms with Gasteiger partial charge in [0.1, 0.15) is 5.82 Å². The van der Waals surface area contributed by atoms with Crippen molar-refractivity contribution in [2.45, 2.75) is 52.0 Å². The summed E-state index contributed by atoms with van der Waals surface area (Å²) in [5.74, 6) is 0.275. The number of fused-ring (bicyclic) bond motifs is 1. The van der Waals surface area contributed by atoms with E-state index >= 15 is 0 Å². The van der Waals surface area contributed by atoms with Gasteiger partial charge in [-0.1, -0.05) is 31.9 Å². The Hall–Kier alpha value is -1.84. The Morgan fingerprint density at radius 3 is 2.71 bits per heavy atom. The van der Waals surface area contributed by atoms with Crippen LogP contribution < -0.4 is 0 Å². The van der Waals surface area contributed by atoms with Gasteiger partial charge in [-0.2, -0.15) is 0 Å². The molecular formula is C17H22N2O2. The van der Waals surface area contributed by atoms with Crippen molar-refractivity contribution < 1.29 is 9.90 Å². The van der Waals surface area contributed by atoms with Crippen molar-refractivity contribution in [3.63, 3.8) is 0 Å². The maximum absolute atomic E-state index is 11.8. The minimum Gasteiger partial charge on any atom is -0.481 e. The van der Waals surface area contributed by atoms with E-state index in [0.29, 0.717) is 6.42 Å². The highest BCUT2D eigenvalue weighted by molar-refractivity contribution is 5.77.